The second kappa shape index (κ2) is 8.75. The van der Waals surface area contributed by atoms with Crippen molar-refractivity contribution >= 4 is 35.0 Å². The van der Waals surface area contributed by atoms with Crippen LogP contribution in [0.15, 0.2) is 42.0 Å². The van der Waals surface area contributed by atoms with Crippen LogP contribution in [0.2, 0.25) is 0 Å². The van der Waals surface area contributed by atoms with Crippen LogP contribution < -0.4 is 17.2 Å². The van der Waals surface area contributed by atoms with Crippen LogP contribution in [-0.2, 0) is 0 Å². The minimum atomic E-state index is 0. The molecule has 2 aromatic carbocycles. The van der Waals surface area contributed by atoms with E-state index < -0.39 is 0 Å². The molecule has 1 aliphatic rings. The average Bonchev–Trinajstić information content (AvgIpc) is 2.60. The van der Waals surface area contributed by atoms with E-state index in [-0.39, 0.29) is 18.2 Å². The molecule has 3 rings (SSSR count). The lowest BCUT2D eigenvalue weighted by Crippen LogP contribution is -2.57. The number of hydrogen-bond acceptors (Lipinski definition) is 4. The van der Waals surface area contributed by atoms with Gasteiger partial charge in [-0.3, -0.25) is 4.79 Å². The van der Waals surface area contributed by atoms with E-state index in [1.54, 1.807) is 0 Å². The van der Waals surface area contributed by atoms with Gasteiger partial charge in [-0.2, -0.15) is 0 Å². The molecule has 0 aromatic heterocycles. The standard InChI is InChI=1S/C20H27N4O.ClH/c21-7-10-24(11-8-22,12-9-23)14-17-13-16-5-1-3-15-4-2-6-18(19(15)16)20(17)25;/h1-6,13H,7-12,14,21-23H2;1H/q+1;. The van der Waals surface area contributed by atoms with Crippen molar-refractivity contribution in [3.8, 4) is 0 Å². The lowest BCUT2D eigenvalue weighted by molar-refractivity contribution is -0.919. The molecule has 1 aliphatic carbocycles. The van der Waals surface area contributed by atoms with Crippen LogP contribution in [0.25, 0.3) is 16.8 Å². The van der Waals surface area contributed by atoms with Gasteiger partial charge in [0.1, 0.15) is 6.54 Å². The minimum absolute atomic E-state index is 0. The Balaban J connectivity index is 0.00000243. The maximum atomic E-state index is 13.1. The van der Waals surface area contributed by atoms with Gasteiger partial charge in [-0.1, -0.05) is 36.4 Å². The van der Waals surface area contributed by atoms with E-state index in [1.165, 1.54) is 0 Å². The highest BCUT2D eigenvalue weighted by molar-refractivity contribution is 6.22. The van der Waals surface area contributed by atoms with Gasteiger partial charge in [-0.05, 0) is 17.0 Å². The first-order chi connectivity index (χ1) is 12.1. The number of carbonyl (C=O) groups is 1. The summed E-state index contributed by atoms with van der Waals surface area (Å²) in [6.07, 6.45) is 2.04. The van der Waals surface area contributed by atoms with E-state index in [1.807, 2.05) is 36.4 Å². The third-order valence-electron chi connectivity index (χ3n) is 5.12. The second-order valence-corrected chi connectivity index (χ2v) is 6.79. The van der Waals surface area contributed by atoms with Crippen LogP contribution >= 0.6 is 12.4 Å². The predicted octanol–water partition coefficient (Wildman–Crippen LogP) is 1.53. The van der Waals surface area contributed by atoms with Gasteiger partial charge in [0.05, 0.1) is 25.2 Å². The van der Waals surface area contributed by atoms with Crippen LogP contribution in [0.5, 0.6) is 0 Å². The first-order valence-electron chi connectivity index (χ1n) is 8.86. The molecule has 26 heavy (non-hydrogen) atoms. The summed E-state index contributed by atoms with van der Waals surface area (Å²) in [5, 5.41) is 2.15. The number of nitrogens with zero attached hydrogens (tertiary/aromatic N) is 1. The highest BCUT2D eigenvalue weighted by Crippen LogP contribution is 2.32. The Kier molecular flexibility index (Phi) is 6.92. The minimum Gasteiger partial charge on any atom is -0.326 e. The Morgan fingerprint density at radius 1 is 0.846 bits per heavy atom. The molecule has 0 fully saturated rings. The summed E-state index contributed by atoms with van der Waals surface area (Å²) in [5.41, 5.74) is 20.3. The summed E-state index contributed by atoms with van der Waals surface area (Å²) in [6.45, 7) is 4.57. The Morgan fingerprint density at radius 3 is 2.00 bits per heavy atom. The summed E-state index contributed by atoms with van der Waals surface area (Å²) in [6, 6.07) is 12.1. The molecule has 0 atom stereocenters. The van der Waals surface area contributed by atoms with Crippen molar-refractivity contribution in [2.75, 3.05) is 45.8 Å². The number of quaternary nitrogens is 1. The zero-order valence-corrected chi connectivity index (χ0v) is 15.8. The number of Topliss-reactive ketones (excluding diaryl/α,β-unsaturated/α-hetero) is 1. The summed E-state index contributed by atoms with van der Waals surface area (Å²) in [5.74, 6) is 0.109. The molecule has 0 saturated heterocycles. The van der Waals surface area contributed by atoms with Crippen LogP contribution in [0.3, 0.4) is 0 Å². The molecule has 2 aromatic rings. The quantitative estimate of drug-likeness (QED) is 0.610. The van der Waals surface area contributed by atoms with Gasteiger partial charge in [0.2, 0.25) is 0 Å². The molecular formula is C20H28ClN4O+. The fourth-order valence-corrected chi connectivity index (χ4v) is 3.98. The number of benzene rings is 2. The zero-order valence-electron chi connectivity index (χ0n) is 15.0. The van der Waals surface area contributed by atoms with Crippen molar-refractivity contribution in [3.05, 3.63) is 53.1 Å². The number of ketones is 1. The van der Waals surface area contributed by atoms with Gasteiger partial charge >= 0.3 is 0 Å². The number of nitrogens with two attached hydrogens (primary N) is 3. The van der Waals surface area contributed by atoms with E-state index in [9.17, 15) is 4.79 Å². The lowest BCUT2D eigenvalue weighted by Gasteiger charge is -2.39. The van der Waals surface area contributed by atoms with Crippen molar-refractivity contribution < 1.29 is 9.28 Å². The van der Waals surface area contributed by atoms with Gasteiger partial charge in [0.15, 0.2) is 5.78 Å². The predicted molar refractivity (Wildman–Crippen MR) is 110 cm³/mol. The van der Waals surface area contributed by atoms with E-state index in [0.29, 0.717) is 30.7 Å². The normalized spacial score (nSPS) is 13.5. The fourth-order valence-electron chi connectivity index (χ4n) is 3.98. The highest BCUT2D eigenvalue weighted by Gasteiger charge is 2.31. The molecule has 0 bridgehead atoms. The molecular weight excluding hydrogens is 348 g/mol. The summed E-state index contributed by atoms with van der Waals surface area (Å²) >= 11 is 0. The number of halogens is 1. The SMILES string of the molecule is Cl.NCC[N+](CCN)(CCN)CC1=Cc2cccc3cccc(c23)C1=O. The molecule has 0 saturated carbocycles. The Bertz CT molecular complexity index is 796. The number of hydrogen-bond donors (Lipinski definition) is 3. The molecule has 5 nitrogen and oxygen atoms in total. The summed E-state index contributed by atoms with van der Waals surface area (Å²) in [4.78, 5) is 13.1. The molecule has 0 radical (unpaired) electrons. The molecule has 0 aliphatic heterocycles. The van der Waals surface area contributed by atoms with Crippen molar-refractivity contribution in [2.24, 2.45) is 17.2 Å². The number of rotatable bonds is 8. The van der Waals surface area contributed by atoms with Crippen LogP contribution in [0.1, 0.15) is 15.9 Å². The van der Waals surface area contributed by atoms with Crippen molar-refractivity contribution in [1.29, 1.82) is 0 Å². The van der Waals surface area contributed by atoms with Crippen LogP contribution in [0, 0.1) is 0 Å². The van der Waals surface area contributed by atoms with Crippen LogP contribution in [-0.4, -0.2) is 56.1 Å². The van der Waals surface area contributed by atoms with Gasteiger partial charge in [0.25, 0.3) is 0 Å². The van der Waals surface area contributed by atoms with Gasteiger partial charge < -0.3 is 21.7 Å². The maximum absolute atomic E-state index is 13.1. The molecule has 0 heterocycles. The third kappa shape index (κ3) is 3.82. The molecule has 0 spiro atoms. The van der Waals surface area contributed by atoms with E-state index in [0.717, 1.165) is 47.1 Å². The van der Waals surface area contributed by atoms with E-state index >= 15 is 0 Å². The Morgan fingerprint density at radius 2 is 1.42 bits per heavy atom. The molecule has 6 heteroatoms. The zero-order chi connectivity index (χ0) is 17.9. The molecule has 140 valence electrons. The van der Waals surface area contributed by atoms with Crippen LogP contribution in [0.4, 0.5) is 0 Å². The Hall–Kier alpha value is -1.76. The number of carbonyl (C=O) groups excluding carboxylic acids is 1. The van der Waals surface area contributed by atoms with Gasteiger partial charge in [-0.15, -0.1) is 12.4 Å². The summed E-state index contributed by atoms with van der Waals surface area (Å²) < 4.78 is 0.666. The van der Waals surface area contributed by atoms with Crippen molar-refractivity contribution in [3.63, 3.8) is 0 Å². The first kappa shape index (κ1) is 20.6. The third-order valence-corrected chi connectivity index (χ3v) is 5.12. The van der Waals surface area contributed by atoms with Crippen molar-refractivity contribution in [1.82, 2.24) is 0 Å². The lowest BCUT2D eigenvalue weighted by atomic mass is 9.87. The van der Waals surface area contributed by atoms with E-state index in [4.69, 9.17) is 17.2 Å². The van der Waals surface area contributed by atoms with Gasteiger partial charge in [-0.25, -0.2) is 0 Å². The molecule has 0 unspecified atom stereocenters. The second-order valence-electron chi connectivity index (χ2n) is 6.79. The topological polar surface area (TPSA) is 95.1 Å². The average molecular weight is 376 g/mol. The van der Waals surface area contributed by atoms with Gasteiger partial charge in [0, 0.05) is 30.6 Å². The Labute approximate surface area is 160 Å². The highest BCUT2D eigenvalue weighted by atomic mass is 35.5. The maximum Gasteiger partial charge on any atom is 0.195 e. The largest absolute Gasteiger partial charge is 0.326 e. The smallest absolute Gasteiger partial charge is 0.195 e. The first-order valence-corrected chi connectivity index (χ1v) is 8.86. The molecule has 6 N–H and O–H groups in total. The van der Waals surface area contributed by atoms with Crippen molar-refractivity contribution in [2.45, 2.75) is 0 Å². The molecule has 0 amide bonds. The summed E-state index contributed by atoms with van der Waals surface area (Å²) in [7, 11) is 0. The fraction of sp³-hybridized carbons (Fsp3) is 0.350. The van der Waals surface area contributed by atoms with E-state index in [2.05, 4.69) is 6.07 Å². The monoisotopic (exact) mass is 375 g/mol.